The van der Waals surface area contributed by atoms with Crippen molar-refractivity contribution in [2.45, 2.75) is 32.2 Å². The molecule has 0 saturated carbocycles. The Bertz CT molecular complexity index is 1300. The van der Waals surface area contributed by atoms with Crippen LogP contribution in [0.4, 0.5) is 0 Å². The Morgan fingerprint density at radius 1 is 0.645 bits per heavy atom. The van der Waals surface area contributed by atoms with E-state index in [0.717, 1.165) is 12.8 Å². The van der Waals surface area contributed by atoms with Crippen LogP contribution in [0.15, 0.2) is 97.1 Å². The van der Waals surface area contributed by atoms with Gasteiger partial charge in [0.25, 0.3) is 0 Å². The Morgan fingerprint density at radius 2 is 1.16 bits per heavy atom. The normalized spacial score (nSPS) is 12.0. The van der Waals surface area contributed by atoms with Gasteiger partial charge in [-0.25, -0.2) is 0 Å². The number of aromatic nitrogens is 1. The SMILES string of the molecule is CCC(N)(CC)c1ccccc1-c1ccc(-n2c3ccccc3c3ccccc32)cc1. The van der Waals surface area contributed by atoms with Gasteiger partial charge in [-0.2, -0.15) is 0 Å². The van der Waals surface area contributed by atoms with Gasteiger partial charge in [0.15, 0.2) is 0 Å². The molecule has 0 spiro atoms. The maximum absolute atomic E-state index is 6.78. The van der Waals surface area contributed by atoms with Crippen molar-refractivity contribution in [1.82, 2.24) is 4.57 Å². The van der Waals surface area contributed by atoms with Gasteiger partial charge in [0.2, 0.25) is 0 Å². The van der Waals surface area contributed by atoms with Gasteiger partial charge in [0.05, 0.1) is 11.0 Å². The van der Waals surface area contributed by atoms with Crippen LogP contribution in [0.1, 0.15) is 32.3 Å². The van der Waals surface area contributed by atoms with Crippen LogP contribution < -0.4 is 5.73 Å². The van der Waals surface area contributed by atoms with Gasteiger partial charge in [-0.3, -0.25) is 0 Å². The van der Waals surface area contributed by atoms with Crippen LogP contribution in [0.3, 0.4) is 0 Å². The molecule has 0 radical (unpaired) electrons. The van der Waals surface area contributed by atoms with Crippen LogP contribution in [0.25, 0.3) is 38.6 Å². The number of fused-ring (bicyclic) bond motifs is 3. The summed E-state index contributed by atoms with van der Waals surface area (Å²) in [5, 5.41) is 2.57. The number of nitrogens with two attached hydrogens (primary N) is 1. The molecule has 0 aliphatic heterocycles. The zero-order valence-corrected chi connectivity index (χ0v) is 18.2. The molecule has 0 bridgehead atoms. The van der Waals surface area contributed by atoms with Crippen LogP contribution in [-0.4, -0.2) is 4.57 Å². The number of hydrogen-bond donors (Lipinski definition) is 1. The first-order chi connectivity index (χ1) is 15.2. The predicted molar refractivity (Wildman–Crippen MR) is 133 cm³/mol. The summed E-state index contributed by atoms with van der Waals surface area (Å²) in [4.78, 5) is 0. The fraction of sp³-hybridized carbons (Fsp3) is 0.172. The lowest BCUT2D eigenvalue weighted by molar-refractivity contribution is 0.414. The van der Waals surface area contributed by atoms with Crippen molar-refractivity contribution >= 4 is 21.8 Å². The van der Waals surface area contributed by atoms with E-state index < -0.39 is 0 Å². The minimum atomic E-state index is -0.303. The summed E-state index contributed by atoms with van der Waals surface area (Å²) in [6, 6.07) is 34.7. The summed E-state index contributed by atoms with van der Waals surface area (Å²) in [6.07, 6.45) is 1.83. The first-order valence-corrected chi connectivity index (χ1v) is 11.1. The number of para-hydroxylation sites is 2. The monoisotopic (exact) mass is 404 g/mol. The number of rotatable bonds is 5. The van der Waals surface area contributed by atoms with Crippen molar-refractivity contribution in [2.75, 3.05) is 0 Å². The van der Waals surface area contributed by atoms with E-state index in [2.05, 4.69) is 115 Å². The third-order valence-electron chi connectivity index (χ3n) is 6.74. The maximum atomic E-state index is 6.78. The maximum Gasteiger partial charge on any atom is 0.0541 e. The standard InChI is InChI=1S/C29H28N2/c1-3-29(30,4-2)26-14-8-5-11-23(26)21-17-19-22(20-18-21)31-27-15-9-6-12-24(27)25-13-7-10-16-28(25)31/h5-20H,3-4,30H2,1-2H3. The quantitative estimate of drug-likeness (QED) is 0.324. The van der Waals surface area contributed by atoms with E-state index in [1.54, 1.807) is 0 Å². The molecule has 2 nitrogen and oxygen atoms in total. The molecule has 1 aromatic heterocycles. The summed E-state index contributed by atoms with van der Waals surface area (Å²) in [6.45, 7) is 4.34. The second kappa shape index (κ2) is 7.72. The summed E-state index contributed by atoms with van der Waals surface area (Å²) in [7, 11) is 0. The number of hydrogen-bond acceptors (Lipinski definition) is 1. The van der Waals surface area contributed by atoms with Crippen molar-refractivity contribution < 1.29 is 0 Å². The molecule has 0 aliphatic carbocycles. The van der Waals surface area contributed by atoms with Crippen molar-refractivity contribution in [1.29, 1.82) is 0 Å². The molecule has 0 unspecified atom stereocenters. The minimum Gasteiger partial charge on any atom is -0.321 e. The average molecular weight is 405 g/mol. The molecule has 0 fully saturated rings. The number of nitrogens with zero attached hydrogens (tertiary/aromatic N) is 1. The first-order valence-electron chi connectivity index (χ1n) is 11.1. The molecule has 0 amide bonds. The Balaban J connectivity index is 1.65. The lowest BCUT2D eigenvalue weighted by Gasteiger charge is -2.30. The molecule has 2 N–H and O–H groups in total. The molecule has 0 aliphatic rings. The Labute approximate surface area is 183 Å². The van der Waals surface area contributed by atoms with E-state index in [1.165, 1.54) is 44.2 Å². The van der Waals surface area contributed by atoms with Gasteiger partial charge in [-0.05, 0) is 53.8 Å². The van der Waals surface area contributed by atoms with E-state index in [0.29, 0.717) is 0 Å². The number of benzene rings is 4. The van der Waals surface area contributed by atoms with Crippen LogP contribution in [-0.2, 0) is 5.54 Å². The molecule has 1 heterocycles. The van der Waals surface area contributed by atoms with Crippen LogP contribution in [0.5, 0.6) is 0 Å². The van der Waals surface area contributed by atoms with Gasteiger partial charge >= 0.3 is 0 Å². The molecule has 5 aromatic rings. The van der Waals surface area contributed by atoms with Gasteiger partial charge in [0, 0.05) is 22.0 Å². The smallest absolute Gasteiger partial charge is 0.0541 e. The molecule has 154 valence electrons. The van der Waals surface area contributed by atoms with Crippen molar-refractivity contribution in [3.05, 3.63) is 103 Å². The molecule has 2 heteroatoms. The average Bonchev–Trinajstić information content (AvgIpc) is 3.18. The van der Waals surface area contributed by atoms with Crippen LogP contribution in [0.2, 0.25) is 0 Å². The highest BCUT2D eigenvalue weighted by Crippen LogP contribution is 2.36. The Morgan fingerprint density at radius 3 is 1.74 bits per heavy atom. The zero-order chi connectivity index (χ0) is 21.4. The highest BCUT2D eigenvalue weighted by molar-refractivity contribution is 6.09. The Kier molecular flexibility index (Phi) is 4.88. The van der Waals surface area contributed by atoms with Crippen molar-refractivity contribution in [2.24, 2.45) is 5.73 Å². The highest BCUT2D eigenvalue weighted by Gasteiger charge is 2.25. The largest absolute Gasteiger partial charge is 0.321 e. The van der Waals surface area contributed by atoms with Crippen molar-refractivity contribution in [3.63, 3.8) is 0 Å². The zero-order valence-electron chi connectivity index (χ0n) is 18.2. The fourth-order valence-electron chi connectivity index (χ4n) is 4.79. The lowest BCUT2D eigenvalue weighted by Crippen LogP contribution is -2.35. The van der Waals surface area contributed by atoms with Gasteiger partial charge in [0.1, 0.15) is 0 Å². The second-order valence-electron chi connectivity index (χ2n) is 8.33. The molecule has 5 rings (SSSR count). The van der Waals surface area contributed by atoms with E-state index >= 15 is 0 Å². The third-order valence-corrected chi connectivity index (χ3v) is 6.74. The topological polar surface area (TPSA) is 30.9 Å². The summed E-state index contributed by atoms with van der Waals surface area (Å²) >= 11 is 0. The van der Waals surface area contributed by atoms with Crippen LogP contribution >= 0.6 is 0 Å². The predicted octanol–water partition coefficient (Wildman–Crippen LogP) is 7.42. The third kappa shape index (κ3) is 3.15. The van der Waals surface area contributed by atoms with Gasteiger partial charge in [-0.1, -0.05) is 86.6 Å². The molecule has 0 atom stereocenters. The summed E-state index contributed by atoms with van der Waals surface area (Å²) < 4.78 is 2.35. The minimum absolute atomic E-state index is 0.303. The van der Waals surface area contributed by atoms with Crippen molar-refractivity contribution in [3.8, 4) is 16.8 Å². The van der Waals surface area contributed by atoms with E-state index in [9.17, 15) is 0 Å². The molecule has 0 saturated heterocycles. The van der Waals surface area contributed by atoms with Gasteiger partial charge in [-0.15, -0.1) is 0 Å². The van der Waals surface area contributed by atoms with Crippen LogP contribution in [0, 0.1) is 0 Å². The first kappa shape index (κ1) is 19.6. The lowest BCUT2D eigenvalue weighted by atomic mass is 9.81. The van der Waals surface area contributed by atoms with E-state index in [4.69, 9.17) is 5.73 Å². The fourth-order valence-corrected chi connectivity index (χ4v) is 4.79. The summed E-state index contributed by atoms with van der Waals surface area (Å²) in [5.74, 6) is 0. The molecular weight excluding hydrogens is 376 g/mol. The molecule has 4 aromatic carbocycles. The molecule has 31 heavy (non-hydrogen) atoms. The Hall–Kier alpha value is -3.36. The van der Waals surface area contributed by atoms with E-state index in [-0.39, 0.29) is 5.54 Å². The summed E-state index contributed by atoms with van der Waals surface area (Å²) in [5.41, 5.74) is 13.8. The van der Waals surface area contributed by atoms with E-state index in [1.807, 2.05) is 0 Å². The van der Waals surface area contributed by atoms with Gasteiger partial charge < -0.3 is 10.3 Å². The second-order valence-corrected chi connectivity index (χ2v) is 8.33. The highest BCUT2D eigenvalue weighted by atomic mass is 15.0. The molecular formula is C29H28N2.